The lowest BCUT2D eigenvalue weighted by Gasteiger charge is -2.15. The zero-order valence-corrected chi connectivity index (χ0v) is 9.75. The first-order chi connectivity index (χ1) is 8.33. The fourth-order valence-electron chi connectivity index (χ4n) is 1.12. The first-order valence-electron chi connectivity index (χ1n) is 5.02. The highest BCUT2D eigenvalue weighted by atomic mass is 19.4. The van der Waals surface area contributed by atoms with Gasteiger partial charge in [-0.2, -0.15) is 0 Å². The lowest BCUT2D eigenvalue weighted by molar-refractivity contribution is -0.274. The average molecular weight is 263 g/mol. The Kier molecular flexibility index (Phi) is 4.55. The molecule has 0 radical (unpaired) electrons. The van der Waals surface area contributed by atoms with E-state index >= 15 is 0 Å². The minimum Gasteiger partial charge on any atom is -0.404 e. The summed E-state index contributed by atoms with van der Waals surface area (Å²) in [6, 6.07) is 5.27. The van der Waals surface area contributed by atoms with Crippen LogP contribution in [0.5, 0.6) is 5.75 Å². The van der Waals surface area contributed by atoms with Crippen molar-refractivity contribution >= 4 is 11.6 Å². The number of carbonyl (C=O) groups excluding carboxylic acids is 1. The number of ether oxygens (including phenoxy) is 2. The third-order valence-corrected chi connectivity index (χ3v) is 2.09. The number of methoxy groups -OCH3 is 1. The van der Waals surface area contributed by atoms with Crippen LogP contribution in [0.3, 0.4) is 0 Å². The molecule has 0 heterocycles. The summed E-state index contributed by atoms with van der Waals surface area (Å²) in [4.78, 5) is 11.5. The van der Waals surface area contributed by atoms with Crippen LogP contribution in [0.2, 0.25) is 0 Å². The maximum absolute atomic E-state index is 12.1. The minimum absolute atomic E-state index is 0.0660. The Labute approximate surface area is 102 Å². The van der Waals surface area contributed by atoms with Gasteiger partial charge in [-0.1, -0.05) is 12.1 Å². The highest BCUT2D eigenvalue weighted by Crippen LogP contribution is 2.29. The lowest BCUT2D eigenvalue weighted by Crippen LogP contribution is -2.27. The van der Waals surface area contributed by atoms with Crippen LogP contribution < -0.4 is 10.1 Å². The van der Waals surface area contributed by atoms with E-state index in [2.05, 4.69) is 10.1 Å². The molecule has 0 aromatic heterocycles. The van der Waals surface area contributed by atoms with Gasteiger partial charge in [-0.25, -0.2) is 0 Å². The molecule has 1 atom stereocenters. The zero-order valence-electron chi connectivity index (χ0n) is 9.75. The maximum Gasteiger partial charge on any atom is 0.573 e. The Morgan fingerprint density at radius 3 is 2.50 bits per heavy atom. The number of para-hydroxylation sites is 2. The Morgan fingerprint density at radius 2 is 1.94 bits per heavy atom. The van der Waals surface area contributed by atoms with Crippen molar-refractivity contribution in [3.05, 3.63) is 24.3 Å². The number of alkyl halides is 3. The van der Waals surface area contributed by atoms with Crippen LogP contribution in [0, 0.1) is 0 Å². The molecule has 0 spiro atoms. The van der Waals surface area contributed by atoms with Gasteiger partial charge in [0.1, 0.15) is 6.10 Å². The van der Waals surface area contributed by atoms with Crippen molar-refractivity contribution in [1.29, 1.82) is 0 Å². The molecule has 100 valence electrons. The van der Waals surface area contributed by atoms with Gasteiger partial charge in [-0.3, -0.25) is 4.79 Å². The van der Waals surface area contributed by atoms with E-state index < -0.39 is 24.1 Å². The van der Waals surface area contributed by atoms with Crippen molar-refractivity contribution in [3.8, 4) is 5.75 Å². The molecule has 0 saturated carbocycles. The summed E-state index contributed by atoms with van der Waals surface area (Å²) in [7, 11) is 1.32. The van der Waals surface area contributed by atoms with Gasteiger partial charge in [-0.05, 0) is 19.1 Å². The second-order valence-corrected chi connectivity index (χ2v) is 3.41. The monoisotopic (exact) mass is 263 g/mol. The SMILES string of the molecule is COC(C)C(=O)Nc1ccccc1OC(F)(F)F. The molecule has 0 aliphatic heterocycles. The Hall–Kier alpha value is -1.76. The summed E-state index contributed by atoms with van der Waals surface area (Å²) in [6.45, 7) is 1.47. The number of hydrogen-bond donors (Lipinski definition) is 1. The van der Waals surface area contributed by atoms with Crippen molar-refractivity contribution in [2.24, 2.45) is 0 Å². The van der Waals surface area contributed by atoms with E-state index in [0.29, 0.717) is 0 Å². The van der Waals surface area contributed by atoms with E-state index in [4.69, 9.17) is 4.74 Å². The molecular weight excluding hydrogens is 251 g/mol. The molecule has 18 heavy (non-hydrogen) atoms. The van der Waals surface area contributed by atoms with Crippen molar-refractivity contribution in [2.45, 2.75) is 19.4 Å². The van der Waals surface area contributed by atoms with Gasteiger partial charge in [-0.15, -0.1) is 13.2 Å². The van der Waals surface area contributed by atoms with Crippen LogP contribution in [0.4, 0.5) is 18.9 Å². The molecule has 4 nitrogen and oxygen atoms in total. The molecule has 1 aromatic rings. The normalized spacial score (nSPS) is 12.9. The fourth-order valence-corrected chi connectivity index (χ4v) is 1.12. The molecule has 0 saturated heterocycles. The van der Waals surface area contributed by atoms with Gasteiger partial charge >= 0.3 is 6.36 Å². The van der Waals surface area contributed by atoms with Gasteiger partial charge in [0.15, 0.2) is 5.75 Å². The van der Waals surface area contributed by atoms with Gasteiger partial charge in [0.2, 0.25) is 0 Å². The Morgan fingerprint density at radius 1 is 1.33 bits per heavy atom. The largest absolute Gasteiger partial charge is 0.573 e. The van der Waals surface area contributed by atoms with Crippen LogP contribution in [0.15, 0.2) is 24.3 Å². The third-order valence-electron chi connectivity index (χ3n) is 2.09. The summed E-state index contributed by atoms with van der Waals surface area (Å²) in [5, 5.41) is 2.29. The maximum atomic E-state index is 12.1. The summed E-state index contributed by atoms with van der Waals surface area (Å²) < 4.78 is 44.9. The quantitative estimate of drug-likeness (QED) is 0.908. The fraction of sp³-hybridized carbons (Fsp3) is 0.364. The molecule has 0 fully saturated rings. The summed E-state index contributed by atoms with van der Waals surface area (Å²) >= 11 is 0. The number of rotatable bonds is 4. The third kappa shape index (κ3) is 4.25. The number of halogens is 3. The number of benzene rings is 1. The summed E-state index contributed by atoms with van der Waals surface area (Å²) in [5.74, 6) is -1.03. The molecule has 0 bridgehead atoms. The predicted octanol–water partition coefficient (Wildman–Crippen LogP) is 2.56. The molecule has 7 heteroatoms. The highest BCUT2D eigenvalue weighted by molar-refractivity contribution is 5.95. The molecule has 1 N–H and O–H groups in total. The van der Waals surface area contributed by atoms with Gasteiger partial charge in [0.05, 0.1) is 5.69 Å². The van der Waals surface area contributed by atoms with E-state index in [1.165, 1.54) is 32.2 Å². The van der Waals surface area contributed by atoms with E-state index in [9.17, 15) is 18.0 Å². The summed E-state index contributed by atoms with van der Waals surface area (Å²) in [5.41, 5.74) is -0.0660. The molecular formula is C11H12F3NO3. The van der Waals surface area contributed by atoms with Crippen molar-refractivity contribution in [2.75, 3.05) is 12.4 Å². The van der Waals surface area contributed by atoms with Crippen LogP contribution in [0.1, 0.15) is 6.92 Å². The predicted molar refractivity (Wildman–Crippen MR) is 58.2 cm³/mol. The van der Waals surface area contributed by atoms with Gasteiger partial charge in [0.25, 0.3) is 5.91 Å². The molecule has 0 aliphatic carbocycles. The molecule has 1 amide bonds. The second kappa shape index (κ2) is 5.72. The van der Waals surface area contributed by atoms with E-state index in [-0.39, 0.29) is 5.69 Å². The van der Waals surface area contributed by atoms with Gasteiger partial charge < -0.3 is 14.8 Å². The van der Waals surface area contributed by atoms with Crippen LogP contribution in [-0.4, -0.2) is 25.5 Å². The minimum atomic E-state index is -4.81. The van der Waals surface area contributed by atoms with E-state index in [1.54, 1.807) is 0 Å². The first kappa shape index (κ1) is 14.3. The topological polar surface area (TPSA) is 47.6 Å². The van der Waals surface area contributed by atoms with Crippen LogP contribution in [-0.2, 0) is 9.53 Å². The van der Waals surface area contributed by atoms with Crippen LogP contribution in [0.25, 0.3) is 0 Å². The number of nitrogens with one attached hydrogen (secondary N) is 1. The second-order valence-electron chi connectivity index (χ2n) is 3.41. The smallest absolute Gasteiger partial charge is 0.404 e. The number of anilines is 1. The Balaban J connectivity index is 2.86. The molecule has 1 rings (SSSR count). The average Bonchev–Trinajstić information content (AvgIpc) is 2.28. The number of hydrogen-bond acceptors (Lipinski definition) is 3. The summed E-state index contributed by atoms with van der Waals surface area (Å²) in [6.07, 6.45) is -5.59. The molecule has 1 aromatic carbocycles. The van der Waals surface area contributed by atoms with Crippen LogP contribution >= 0.6 is 0 Å². The molecule has 0 aliphatic rings. The molecule has 1 unspecified atom stereocenters. The highest BCUT2D eigenvalue weighted by Gasteiger charge is 2.32. The van der Waals surface area contributed by atoms with Crippen molar-refractivity contribution in [3.63, 3.8) is 0 Å². The van der Waals surface area contributed by atoms with E-state index in [0.717, 1.165) is 6.07 Å². The first-order valence-corrected chi connectivity index (χ1v) is 5.02. The van der Waals surface area contributed by atoms with Crippen molar-refractivity contribution < 1.29 is 27.4 Å². The number of amides is 1. The van der Waals surface area contributed by atoms with Gasteiger partial charge in [0, 0.05) is 7.11 Å². The van der Waals surface area contributed by atoms with E-state index in [1.807, 2.05) is 0 Å². The lowest BCUT2D eigenvalue weighted by atomic mass is 10.2. The number of carbonyl (C=O) groups is 1. The van der Waals surface area contributed by atoms with Crippen molar-refractivity contribution in [1.82, 2.24) is 0 Å². The standard InChI is InChI=1S/C11H12F3NO3/c1-7(17-2)10(16)15-8-5-3-4-6-9(8)18-11(12,13)14/h3-7H,1-2H3,(H,15,16). The Bertz CT molecular complexity index is 420. The zero-order chi connectivity index (χ0) is 13.8.